The standard InChI is InChI=1S/C18H15Cl2N5O/c1-24-16(17-21-7-3-8-22-17)11-6-9-25(10-14(11)23-24)18(26)12-4-2-5-13(19)15(12)20/h2-5,7-8H,6,9-10H2,1H3. The van der Waals surface area contributed by atoms with E-state index in [-0.39, 0.29) is 10.9 Å². The van der Waals surface area contributed by atoms with Crippen LogP contribution in [0.2, 0.25) is 10.0 Å². The maximum Gasteiger partial charge on any atom is 0.255 e. The van der Waals surface area contributed by atoms with Gasteiger partial charge in [0.15, 0.2) is 5.82 Å². The van der Waals surface area contributed by atoms with Crippen molar-refractivity contribution in [2.75, 3.05) is 6.54 Å². The smallest absolute Gasteiger partial charge is 0.255 e. The third kappa shape index (κ3) is 2.85. The van der Waals surface area contributed by atoms with Gasteiger partial charge in [0, 0.05) is 31.5 Å². The SMILES string of the molecule is Cn1nc2c(c1-c1ncccn1)CCN(C(=O)c1cccc(Cl)c1Cl)C2. The Morgan fingerprint density at radius 2 is 1.92 bits per heavy atom. The van der Waals surface area contributed by atoms with Gasteiger partial charge in [0.1, 0.15) is 5.69 Å². The van der Waals surface area contributed by atoms with Gasteiger partial charge in [-0.05, 0) is 24.6 Å². The highest BCUT2D eigenvalue weighted by atomic mass is 35.5. The van der Waals surface area contributed by atoms with Gasteiger partial charge in [0.2, 0.25) is 0 Å². The van der Waals surface area contributed by atoms with E-state index in [1.54, 1.807) is 46.2 Å². The Balaban J connectivity index is 1.65. The molecule has 0 bridgehead atoms. The van der Waals surface area contributed by atoms with Gasteiger partial charge >= 0.3 is 0 Å². The Hall–Kier alpha value is -2.44. The molecule has 4 rings (SSSR count). The number of benzene rings is 1. The zero-order valence-corrected chi connectivity index (χ0v) is 15.5. The molecule has 0 saturated heterocycles. The van der Waals surface area contributed by atoms with Crippen LogP contribution in [0.5, 0.6) is 0 Å². The second-order valence-electron chi connectivity index (χ2n) is 6.05. The number of carbonyl (C=O) groups excluding carboxylic acids is 1. The lowest BCUT2D eigenvalue weighted by molar-refractivity contribution is 0.0732. The summed E-state index contributed by atoms with van der Waals surface area (Å²) in [6, 6.07) is 6.86. The normalized spacial score (nSPS) is 13.6. The Kier molecular flexibility index (Phi) is 4.38. The number of aromatic nitrogens is 4. The zero-order valence-electron chi connectivity index (χ0n) is 14.0. The maximum atomic E-state index is 12.9. The molecule has 132 valence electrons. The second-order valence-corrected chi connectivity index (χ2v) is 6.83. The summed E-state index contributed by atoms with van der Waals surface area (Å²) in [5.41, 5.74) is 3.24. The van der Waals surface area contributed by atoms with Gasteiger partial charge in [0.25, 0.3) is 5.91 Å². The van der Waals surface area contributed by atoms with Crippen LogP contribution in [0.4, 0.5) is 0 Å². The van der Waals surface area contributed by atoms with E-state index in [2.05, 4.69) is 15.1 Å². The van der Waals surface area contributed by atoms with Crippen molar-refractivity contribution in [3.05, 3.63) is 63.5 Å². The molecule has 3 aromatic rings. The van der Waals surface area contributed by atoms with E-state index in [0.29, 0.717) is 35.9 Å². The molecule has 0 radical (unpaired) electrons. The number of halogens is 2. The summed E-state index contributed by atoms with van der Waals surface area (Å²) in [5, 5.41) is 5.23. The molecule has 0 atom stereocenters. The van der Waals surface area contributed by atoms with E-state index >= 15 is 0 Å². The molecule has 1 aliphatic rings. The number of fused-ring (bicyclic) bond motifs is 1. The van der Waals surface area contributed by atoms with Crippen molar-refractivity contribution >= 4 is 29.1 Å². The van der Waals surface area contributed by atoms with Crippen LogP contribution in [0.3, 0.4) is 0 Å². The fourth-order valence-corrected chi connectivity index (χ4v) is 3.61. The maximum absolute atomic E-state index is 12.9. The molecule has 0 fully saturated rings. The van der Waals surface area contributed by atoms with E-state index in [9.17, 15) is 4.79 Å². The van der Waals surface area contributed by atoms with E-state index < -0.39 is 0 Å². The number of hydrogen-bond donors (Lipinski definition) is 0. The number of rotatable bonds is 2. The summed E-state index contributed by atoms with van der Waals surface area (Å²) in [6.45, 7) is 0.984. The van der Waals surface area contributed by atoms with Crippen LogP contribution in [0, 0.1) is 0 Å². The van der Waals surface area contributed by atoms with Gasteiger partial charge in [-0.3, -0.25) is 9.48 Å². The molecule has 3 heterocycles. The highest BCUT2D eigenvalue weighted by Gasteiger charge is 2.29. The first-order chi connectivity index (χ1) is 12.6. The highest BCUT2D eigenvalue weighted by molar-refractivity contribution is 6.43. The Bertz CT molecular complexity index is 987. The van der Waals surface area contributed by atoms with E-state index in [0.717, 1.165) is 17.0 Å². The zero-order chi connectivity index (χ0) is 18.3. The molecule has 6 nitrogen and oxygen atoms in total. The van der Waals surface area contributed by atoms with Crippen molar-refractivity contribution in [3.8, 4) is 11.5 Å². The lowest BCUT2D eigenvalue weighted by atomic mass is 10.0. The first kappa shape index (κ1) is 17.0. The summed E-state index contributed by atoms with van der Waals surface area (Å²) in [4.78, 5) is 23.3. The third-order valence-corrected chi connectivity index (χ3v) is 5.27. The van der Waals surface area contributed by atoms with Crippen molar-refractivity contribution in [3.63, 3.8) is 0 Å². The molecule has 0 aliphatic carbocycles. The Morgan fingerprint density at radius 1 is 1.15 bits per heavy atom. The molecule has 0 N–H and O–H groups in total. The van der Waals surface area contributed by atoms with Crippen LogP contribution in [0.1, 0.15) is 21.6 Å². The molecule has 0 spiro atoms. The molecular formula is C18H15Cl2N5O. The predicted octanol–water partition coefficient (Wildman–Crippen LogP) is 3.38. The lowest BCUT2D eigenvalue weighted by Crippen LogP contribution is -2.36. The number of nitrogens with zero attached hydrogens (tertiary/aromatic N) is 5. The minimum atomic E-state index is -0.147. The number of amides is 1. The van der Waals surface area contributed by atoms with E-state index in [1.807, 2.05) is 7.05 Å². The molecule has 1 amide bonds. The average Bonchev–Trinajstić information content (AvgIpc) is 2.99. The van der Waals surface area contributed by atoms with E-state index in [4.69, 9.17) is 23.2 Å². The van der Waals surface area contributed by atoms with Crippen molar-refractivity contribution in [1.82, 2.24) is 24.6 Å². The van der Waals surface area contributed by atoms with Crippen LogP contribution in [-0.4, -0.2) is 37.1 Å². The van der Waals surface area contributed by atoms with Crippen LogP contribution < -0.4 is 0 Å². The molecule has 26 heavy (non-hydrogen) atoms. The summed E-state index contributed by atoms with van der Waals surface area (Å²) in [7, 11) is 1.87. The van der Waals surface area contributed by atoms with Crippen LogP contribution in [0.25, 0.3) is 11.5 Å². The first-order valence-corrected chi connectivity index (χ1v) is 8.87. The Morgan fingerprint density at radius 3 is 2.69 bits per heavy atom. The molecule has 0 unspecified atom stereocenters. The van der Waals surface area contributed by atoms with Gasteiger partial charge in [-0.2, -0.15) is 5.10 Å². The second kappa shape index (κ2) is 6.70. The topological polar surface area (TPSA) is 63.9 Å². The van der Waals surface area contributed by atoms with Crippen molar-refractivity contribution in [2.24, 2.45) is 7.05 Å². The molecule has 1 aliphatic heterocycles. The van der Waals surface area contributed by atoms with Crippen molar-refractivity contribution in [2.45, 2.75) is 13.0 Å². The number of hydrogen-bond acceptors (Lipinski definition) is 4. The number of aryl methyl sites for hydroxylation is 1. The van der Waals surface area contributed by atoms with Gasteiger partial charge in [-0.15, -0.1) is 0 Å². The predicted molar refractivity (Wildman–Crippen MR) is 99.1 cm³/mol. The molecule has 0 saturated carbocycles. The van der Waals surface area contributed by atoms with Gasteiger partial charge in [-0.25, -0.2) is 9.97 Å². The largest absolute Gasteiger partial charge is 0.332 e. The quantitative estimate of drug-likeness (QED) is 0.675. The lowest BCUT2D eigenvalue weighted by Gasteiger charge is -2.27. The van der Waals surface area contributed by atoms with Gasteiger partial charge < -0.3 is 4.90 Å². The number of carbonyl (C=O) groups is 1. The van der Waals surface area contributed by atoms with Crippen LogP contribution in [-0.2, 0) is 20.0 Å². The Labute approximate surface area is 160 Å². The summed E-state index contributed by atoms with van der Waals surface area (Å²) in [6.07, 6.45) is 4.10. The van der Waals surface area contributed by atoms with Crippen molar-refractivity contribution in [1.29, 1.82) is 0 Å². The van der Waals surface area contributed by atoms with Gasteiger partial charge in [-0.1, -0.05) is 29.3 Å². The fraction of sp³-hybridized carbons (Fsp3) is 0.222. The molecule has 8 heteroatoms. The minimum Gasteiger partial charge on any atom is -0.332 e. The summed E-state index contributed by atoms with van der Waals surface area (Å²) in [5.74, 6) is 0.493. The summed E-state index contributed by atoms with van der Waals surface area (Å²) < 4.78 is 1.78. The fourth-order valence-electron chi connectivity index (χ4n) is 3.23. The molecule has 2 aromatic heterocycles. The third-order valence-electron chi connectivity index (χ3n) is 4.45. The van der Waals surface area contributed by atoms with Crippen molar-refractivity contribution < 1.29 is 4.79 Å². The highest BCUT2D eigenvalue weighted by Crippen LogP contribution is 2.30. The van der Waals surface area contributed by atoms with Gasteiger partial charge in [0.05, 0.1) is 27.8 Å². The minimum absolute atomic E-state index is 0.147. The van der Waals surface area contributed by atoms with Crippen LogP contribution in [0.15, 0.2) is 36.7 Å². The average molecular weight is 388 g/mol. The monoisotopic (exact) mass is 387 g/mol. The van der Waals surface area contributed by atoms with Crippen LogP contribution >= 0.6 is 23.2 Å². The summed E-state index contributed by atoms with van der Waals surface area (Å²) >= 11 is 12.2. The van der Waals surface area contributed by atoms with E-state index in [1.165, 1.54) is 0 Å². The molecular weight excluding hydrogens is 373 g/mol. The molecule has 1 aromatic carbocycles. The first-order valence-electron chi connectivity index (χ1n) is 8.11.